The third-order valence-corrected chi connectivity index (χ3v) is 3.63. The number of rotatable bonds is 4. The van der Waals surface area contributed by atoms with Gasteiger partial charge in [0.25, 0.3) is 0 Å². The SMILES string of the molecule is COc1ccc(-c2n[nH]c(=S)n2/N=C\c2cccc(C)c2)cc1. The lowest BCUT2D eigenvalue weighted by atomic mass is 10.2. The minimum absolute atomic E-state index is 0.444. The number of ether oxygens (including phenoxy) is 1. The molecule has 0 aliphatic heterocycles. The van der Waals surface area contributed by atoms with Crippen LogP contribution in [0.4, 0.5) is 0 Å². The van der Waals surface area contributed by atoms with E-state index in [1.54, 1.807) is 18.0 Å². The van der Waals surface area contributed by atoms with Gasteiger partial charge in [-0.15, -0.1) is 0 Å². The van der Waals surface area contributed by atoms with E-state index >= 15 is 0 Å². The third kappa shape index (κ3) is 3.37. The summed E-state index contributed by atoms with van der Waals surface area (Å²) >= 11 is 5.27. The fourth-order valence-electron chi connectivity index (χ4n) is 2.20. The molecular formula is C17H16N4OS. The Kier molecular flexibility index (Phi) is 4.34. The summed E-state index contributed by atoms with van der Waals surface area (Å²) in [5.41, 5.74) is 3.09. The monoisotopic (exact) mass is 324 g/mol. The number of nitrogens with zero attached hydrogens (tertiary/aromatic N) is 3. The molecule has 0 aliphatic rings. The molecule has 0 saturated carbocycles. The van der Waals surface area contributed by atoms with Crippen molar-refractivity contribution in [2.75, 3.05) is 7.11 Å². The smallest absolute Gasteiger partial charge is 0.216 e. The first-order valence-electron chi connectivity index (χ1n) is 7.10. The second-order valence-electron chi connectivity index (χ2n) is 5.05. The van der Waals surface area contributed by atoms with Crippen molar-refractivity contribution in [3.63, 3.8) is 0 Å². The summed E-state index contributed by atoms with van der Waals surface area (Å²) in [7, 11) is 1.64. The zero-order valence-corrected chi connectivity index (χ0v) is 13.7. The van der Waals surface area contributed by atoms with Crippen LogP contribution >= 0.6 is 12.2 Å². The van der Waals surface area contributed by atoms with Gasteiger partial charge >= 0.3 is 0 Å². The molecule has 1 heterocycles. The molecule has 3 rings (SSSR count). The van der Waals surface area contributed by atoms with Crippen LogP contribution < -0.4 is 4.74 Å². The van der Waals surface area contributed by atoms with Gasteiger partial charge in [0.1, 0.15) is 5.75 Å². The van der Waals surface area contributed by atoms with Gasteiger partial charge in [-0.1, -0.05) is 29.8 Å². The molecule has 0 bridgehead atoms. The van der Waals surface area contributed by atoms with Crippen LogP contribution in [-0.4, -0.2) is 28.2 Å². The quantitative estimate of drug-likeness (QED) is 0.586. The van der Waals surface area contributed by atoms with Gasteiger partial charge in [0, 0.05) is 5.56 Å². The summed E-state index contributed by atoms with van der Waals surface area (Å²) in [6, 6.07) is 15.7. The fraction of sp³-hybridized carbons (Fsp3) is 0.118. The summed E-state index contributed by atoms with van der Waals surface area (Å²) in [4.78, 5) is 0. The Morgan fingerprint density at radius 2 is 2.00 bits per heavy atom. The molecule has 0 fully saturated rings. The first-order chi connectivity index (χ1) is 11.2. The summed E-state index contributed by atoms with van der Waals surface area (Å²) in [5, 5.41) is 11.5. The highest BCUT2D eigenvalue weighted by Gasteiger charge is 2.08. The average Bonchev–Trinajstić information content (AvgIpc) is 2.94. The molecule has 3 aromatic rings. The van der Waals surface area contributed by atoms with Crippen molar-refractivity contribution in [1.82, 2.24) is 14.9 Å². The lowest BCUT2D eigenvalue weighted by Gasteiger charge is -2.03. The number of hydrogen-bond acceptors (Lipinski definition) is 4. The van der Waals surface area contributed by atoms with Crippen molar-refractivity contribution in [2.24, 2.45) is 5.10 Å². The molecule has 0 radical (unpaired) electrons. The van der Waals surface area contributed by atoms with Crippen LogP contribution in [0.5, 0.6) is 5.75 Å². The molecule has 0 amide bonds. The molecule has 23 heavy (non-hydrogen) atoms. The molecule has 1 aromatic heterocycles. The summed E-state index contributed by atoms with van der Waals surface area (Å²) in [5.74, 6) is 1.44. The predicted molar refractivity (Wildman–Crippen MR) is 93.6 cm³/mol. The van der Waals surface area contributed by atoms with Crippen LogP contribution in [0.25, 0.3) is 11.4 Å². The van der Waals surface area contributed by atoms with Crippen molar-refractivity contribution >= 4 is 18.4 Å². The van der Waals surface area contributed by atoms with E-state index in [1.807, 2.05) is 49.4 Å². The topological polar surface area (TPSA) is 55.2 Å². The second-order valence-corrected chi connectivity index (χ2v) is 5.44. The van der Waals surface area contributed by atoms with Gasteiger partial charge < -0.3 is 4.74 Å². The Morgan fingerprint density at radius 3 is 2.70 bits per heavy atom. The molecule has 5 nitrogen and oxygen atoms in total. The Morgan fingerprint density at radius 1 is 1.22 bits per heavy atom. The number of nitrogens with one attached hydrogen (secondary N) is 1. The number of hydrogen-bond donors (Lipinski definition) is 1. The molecule has 0 unspecified atom stereocenters. The van der Waals surface area contributed by atoms with Crippen LogP contribution in [0.15, 0.2) is 53.6 Å². The highest BCUT2D eigenvalue weighted by Crippen LogP contribution is 2.20. The number of aryl methyl sites for hydroxylation is 1. The van der Waals surface area contributed by atoms with Gasteiger partial charge in [-0.3, -0.25) is 0 Å². The van der Waals surface area contributed by atoms with Crippen molar-refractivity contribution < 1.29 is 4.74 Å². The molecule has 2 aromatic carbocycles. The van der Waals surface area contributed by atoms with E-state index < -0.39 is 0 Å². The molecular weight excluding hydrogens is 308 g/mol. The molecule has 1 N–H and O–H groups in total. The van der Waals surface area contributed by atoms with Crippen molar-refractivity contribution in [3.05, 3.63) is 64.4 Å². The highest BCUT2D eigenvalue weighted by molar-refractivity contribution is 7.71. The van der Waals surface area contributed by atoms with E-state index in [2.05, 4.69) is 21.4 Å². The Bertz CT molecular complexity index is 893. The van der Waals surface area contributed by atoms with Crippen LogP contribution in [-0.2, 0) is 0 Å². The number of H-pyrrole nitrogens is 1. The van der Waals surface area contributed by atoms with Gasteiger partial charge in [0.15, 0.2) is 5.82 Å². The van der Waals surface area contributed by atoms with Crippen molar-refractivity contribution in [2.45, 2.75) is 6.92 Å². The highest BCUT2D eigenvalue weighted by atomic mass is 32.1. The largest absolute Gasteiger partial charge is 0.497 e. The fourth-order valence-corrected chi connectivity index (χ4v) is 2.38. The Labute approximate surface area is 139 Å². The molecule has 0 atom stereocenters. The van der Waals surface area contributed by atoms with E-state index in [4.69, 9.17) is 17.0 Å². The Balaban J connectivity index is 1.96. The number of aromatic nitrogens is 3. The average molecular weight is 324 g/mol. The van der Waals surface area contributed by atoms with Crippen molar-refractivity contribution in [3.8, 4) is 17.1 Å². The van der Waals surface area contributed by atoms with Crippen LogP contribution in [0.1, 0.15) is 11.1 Å². The second kappa shape index (κ2) is 6.58. The lowest BCUT2D eigenvalue weighted by Crippen LogP contribution is -1.95. The predicted octanol–water partition coefficient (Wildman–Crippen LogP) is 3.81. The number of benzene rings is 2. The summed E-state index contributed by atoms with van der Waals surface area (Å²) in [6.45, 7) is 2.05. The van der Waals surface area contributed by atoms with Crippen LogP contribution in [0, 0.1) is 11.7 Å². The van der Waals surface area contributed by atoms with Gasteiger partial charge in [0.2, 0.25) is 4.77 Å². The van der Waals surface area contributed by atoms with Gasteiger partial charge in [-0.25, -0.2) is 5.10 Å². The van der Waals surface area contributed by atoms with Crippen molar-refractivity contribution in [1.29, 1.82) is 0 Å². The van der Waals surface area contributed by atoms with Crippen LogP contribution in [0.3, 0.4) is 0 Å². The first kappa shape index (κ1) is 15.2. The summed E-state index contributed by atoms with van der Waals surface area (Å²) in [6.07, 6.45) is 1.77. The first-order valence-corrected chi connectivity index (χ1v) is 7.51. The molecule has 116 valence electrons. The normalized spacial score (nSPS) is 11.0. The zero-order valence-electron chi connectivity index (χ0n) is 12.9. The van der Waals surface area contributed by atoms with E-state index in [0.29, 0.717) is 10.6 Å². The third-order valence-electron chi connectivity index (χ3n) is 3.36. The Hall–Kier alpha value is -2.73. The minimum Gasteiger partial charge on any atom is -0.497 e. The number of methoxy groups -OCH3 is 1. The number of aromatic amines is 1. The van der Waals surface area contributed by atoms with Gasteiger partial charge in [0.05, 0.1) is 13.3 Å². The van der Waals surface area contributed by atoms with E-state index in [-0.39, 0.29) is 0 Å². The molecule has 0 spiro atoms. The maximum absolute atomic E-state index is 5.27. The van der Waals surface area contributed by atoms with Gasteiger partial charge in [-0.2, -0.15) is 14.9 Å². The minimum atomic E-state index is 0.444. The summed E-state index contributed by atoms with van der Waals surface area (Å²) < 4.78 is 7.23. The lowest BCUT2D eigenvalue weighted by molar-refractivity contribution is 0.415. The van der Waals surface area contributed by atoms with Gasteiger partial charge in [-0.05, 0) is 49.0 Å². The molecule has 0 aliphatic carbocycles. The van der Waals surface area contributed by atoms with E-state index in [1.165, 1.54) is 5.56 Å². The van der Waals surface area contributed by atoms with E-state index in [0.717, 1.165) is 16.9 Å². The molecule has 6 heteroatoms. The zero-order chi connectivity index (χ0) is 16.2. The maximum Gasteiger partial charge on any atom is 0.216 e. The maximum atomic E-state index is 5.27. The van der Waals surface area contributed by atoms with E-state index in [9.17, 15) is 0 Å². The van der Waals surface area contributed by atoms with Crippen LogP contribution in [0.2, 0.25) is 0 Å². The molecule has 0 saturated heterocycles. The standard InChI is InChI=1S/C17H16N4OS/c1-12-4-3-5-13(10-12)11-18-21-16(19-20-17(21)23)14-6-8-15(22-2)9-7-14/h3-11H,1-2H3,(H,20,23)/b18-11-.